The summed E-state index contributed by atoms with van der Waals surface area (Å²) in [7, 11) is 0. The molecular formula is C23H27F2N5O. The van der Waals surface area contributed by atoms with Crippen molar-refractivity contribution in [1.82, 2.24) is 15.1 Å². The standard InChI is InChI=1S/C23H27F2N5O/c24-19-6-7-20(25)18(17-19)5-10-23(31)30-15-13-29(14-16-30)22-9-8-21(26-27-22)28-11-3-1-2-4-12-28/h5-10,17H,1-4,11-16H2/b10-5+. The van der Waals surface area contributed by atoms with Gasteiger partial charge in [0, 0.05) is 50.9 Å². The minimum absolute atomic E-state index is 0.0618. The van der Waals surface area contributed by atoms with E-state index in [0.717, 1.165) is 42.9 Å². The second kappa shape index (κ2) is 9.85. The predicted molar refractivity (Wildman–Crippen MR) is 117 cm³/mol. The van der Waals surface area contributed by atoms with Crippen LogP contribution in [0.2, 0.25) is 0 Å². The normalized spacial score (nSPS) is 17.8. The molecule has 1 aromatic carbocycles. The maximum atomic E-state index is 13.7. The number of piperazine rings is 1. The summed E-state index contributed by atoms with van der Waals surface area (Å²) in [5.74, 6) is 0.422. The second-order valence-electron chi connectivity index (χ2n) is 7.96. The first-order valence-corrected chi connectivity index (χ1v) is 10.9. The van der Waals surface area contributed by atoms with Crippen LogP contribution in [-0.4, -0.2) is 60.3 Å². The summed E-state index contributed by atoms with van der Waals surface area (Å²) >= 11 is 0. The van der Waals surface area contributed by atoms with Crippen molar-refractivity contribution in [2.75, 3.05) is 49.1 Å². The molecule has 0 unspecified atom stereocenters. The van der Waals surface area contributed by atoms with Gasteiger partial charge in [-0.25, -0.2) is 8.78 Å². The SMILES string of the molecule is O=C(/C=C/c1cc(F)ccc1F)N1CCN(c2ccc(N3CCCCCC3)nn2)CC1. The number of nitrogens with zero attached hydrogens (tertiary/aromatic N) is 5. The third-order valence-corrected chi connectivity index (χ3v) is 5.85. The van der Waals surface area contributed by atoms with Gasteiger partial charge < -0.3 is 14.7 Å². The summed E-state index contributed by atoms with van der Waals surface area (Å²) in [4.78, 5) is 18.5. The van der Waals surface area contributed by atoms with Crippen LogP contribution in [0.1, 0.15) is 31.2 Å². The van der Waals surface area contributed by atoms with Crippen LogP contribution in [0.4, 0.5) is 20.4 Å². The van der Waals surface area contributed by atoms with Gasteiger partial charge in [-0.05, 0) is 49.2 Å². The molecule has 0 aliphatic carbocycles. The number of hydrogen-bond acceptors (Lipinski definition) is 5. The number of benzene rings is 1. The van der Waals surface area contributed by atoms with Crippen LogP contribution in [-0.2, 0) is 4.79 Å². The molecule has 0 radical (unpaired) electrons. The Morgan fingerprint density at radius 1 is 0.806 bits per heavy atom. The van der Waals surface area contributed by atoms with E-state index in [1.165, 1.54) is 37.8 Å². The topological polar surface area (TPSA) is 52.6 Å². The lowest BCUT2D eigenvalue weighted by molar-refractivity contribution is -0.126. The van der Waals surface area contributed by atoms with Gasteiger partial charge in [-0.1, -0.05) is 12.8 Å². The molecule has 2 aliphatic heterocycles. The molecule has 2 saturated heterocycles. The van der Waals surface area contributed by atoms with Crippen LogP contribution in [0, 0.1) is 11.6 Å². The fourth-order valence-electron chi connectivity index (χ4n) is 4.02. The minimum Gasteiger partial charge on any atom is -0.355 e. The highest BCUT2D eigenvalue weighted by Gasteiger charge is 2.21. The molecule has 3 heterocycles. The van der Waals surface area contributed by atoms with Crippen LogP contribution in [0.15, 0.2) is 36.4 Å². The number of carbonyl (C=O) groups excluding carboxylic acids is 1. The zero-order chi connectivity index (χ0) is 21.6. The van der Waals surface area contributed by atoms with E-state index < -0.39 is 11.6 Å². The van der Waals surface area contributed by atoms with Crippen molar-refractivity contribution in [3.63, 3.8) is 0 Å². The molecular weight excluding hydrogens is 400 g/mol. The molecule has 0 spiro atoms. The fraction of sp³-hybridized carbons (Fsp3) is 0.435. The average Bonchev–Trinajstić information content (AvgIpc) is 3.09. The summed E-state index contributed by atoms with van der Waals surface area (Å²) in [5, 5.41) is 8.84. The molecule has 8 heteroatoms. The van der Waals surface area contributed by atoms with Gasteiger partial charge in [0.25, 0.3) is 0 Å². The van der Waals surface area contributed by atoms with Crippen LogP contribution >= 0.6 is 0 Å². The zero-order valence-corrected chi connectivity index (χ0v) is 17.5. The van der Waals surface area contributed by atoms with E-state index in [1.807, 2.05) is 12.1 Å². The van der Waals surface area contributed by atoms with E-state index in [4.69, 9.17) is 0 Å². The number of rotatable bonds is 4. The molecule has 0 atom stereocenters. The van der Waals surface area contributed by atoms with E-state index in [-0.39, 0.29) is 11.5 Å². The lowest BCUT2D eigenvalue weighted by Gasteiger charge is -2.34. The summed E-state index contributed by atoms with van der Waals surface area (Å²) in [6.45, 7) is 4.41. The van der Waals surface area contributed by atoms with Crippen molar-refractivity contribution in [2.45, 2.75) is 25.7 Å². The molecule has 1 amide bonds. The van der Waals surface area contributed by atoms with E-state index in [2.05, 4.69) is 20.0 Å². The van der Waals surface area contributed by atoms with Crippen LogP contribution in [0.3, 0.4) is 0 Å². The first kappa shape index (κ1) is 21.2. The predicted octanol–water partition coefficient (Wildman–Crippen LogP) is 3.50. The fourth-order valence-corrected chi connectivity index (χ4v) is 4.02. The first-order valence-electron chi connectivity index (χ1n) is 10.9. The van der Waals surface area contributed by atoms with Gasteiger partial charge >= 0.3 is 0 Å². The Hall–Kier alpha value is -3.03. The molecule has 0 saturated carbocycles. The highest BCUT2D eigenvalue weighted by Crippen LogP contribution is 2.20. The van der Waals surface area contributed by atoms with Gasteiger partial charge in [0.15, 0.2) is 11.6 Å². The average molecular weight is 427 g/mol. The Labute approximate surface area is 181 Å². The molecule has 31 heavy (non-hydrogen) atoms. The van der Waals surface area contributed by atoms with Gasteiger partial charge in [0.1, 0.15) is 11.6 Å². The number of anilines is 2. The van der Waals surface area contributed by atoms with Crippen LogP contribution < -0.4 is 9.80 Å². The number of amides is 1. The second-order valence-corrected chi connectivity index (χ2v) is 7.96. The Morgan fingerprint density at radius 2 is 1.42 bits per heavy atom. The lowest BCUT2D eigenvalue weighted by atomic mass is 10.2. The Kier molecular flexibility index (Phi) is 6.74. The van der Waals surface area contributed by atoms with Gasteiger partial charge in [0.05, 0.1) is 0 Å². The molecule has 0 bridgehead atoms. The number of hydrogen-bond donors (Lipinski definition) is 0. The third kappa shape index (κ3) is 5.37. The zero-order valence-electron chi connectivity index (χ0n) is 17.5. The molecule has 1 aromatic heterocycles. The van der Waals surface area contributed by atoms with Crippen molar-refractivity contribution in [2.24, 2.45) is 0 Å². The van der Waals surface area contributed by atoms with Crippen molar-refractivity contribution in [3.05, 3.63) is 53.6 Å². The number of aromatic nitrogens is 2. The summed E-state index contributed by atoms with van der Waals surface area (Å²) < 4.78 is 27.0. The number of carbonyl (C=O) groups is 1. The lowest BCUT2D eigenvalue weighted by Crippen LogP contribution is -2.48. The molecule has 164 valence electrons. The van der Waals surface area contributed by atoms with E-state index >= 15 is 0 Å². The monoisotopic (exact) mass is 427 g/mol. The Morgan fingerprint density at radius 3 is 2.03 bits per heavy atom. The quantitative estimate of drug-likeness (QED) is 0.699. The molecule has 2 aliphatic rings. The molecule has 0 N–H and O–H groups in total. The summed E-state index contributed by atoms with van der Waals surface area (Å²) in [6, 6.07) is 7.21. The number of halogens is 2. The van der Waals surface area contributed by atoms with Crippen molar-refractivity contribution in [1.29, 1.82) is 0 Å². The smallest absolute Gasteiger partial charge is 0.246 e. The van der Waals surface area contributed by atoms with Gasteiger partial charge in [-0.3, -0.25) is 4.79 Å². The van der Waals surface area contributed by atoms with E-state index in [0.29, 0.717) is 26.2 Å². The molecule has 2 aromatic rings. The van der Waals surface area contributed by atoms with E-state index in [9.17, 15) is 13.6 Å². The first-order chi connectivity index (χ1) is 15.1. The summed E-state index contributed by atoms with van der Waals surface area (Å²) in [6.07, 6.45) is 7.55. The van der Waals surface area contributed by atoms with Gasteiger partial charge in [-0.15, -0.1) is 10.2 Å². The van der Waals surface area contributed by atoms with Gasteiger partial charge in [0.2, 0.25) is 5.91 Å². The molecule has 4 rings (SSSR count). The highest BCUT2D eigenvalue weighted by molar-refractivity contribution is 5.92. The molecule has 2 fully saturated rings. The van der Waals surface area contributed by atoms with Crippen molar-refractivity contribution < 1.29 is 13.6 Å². The largest absolute Gasteiger partial charge is 0.355 e. The van der Waals surface area contributed by atoms with Crippen molar-refractivity contribution in [3.8, 4) is 0 Å². The van der Waals surface area contributed by atoms with Crippen molar-refractivity contribution >= 4 is 23.6 Å². The Bertz CT molecular complexity index is 918. The van der Waals surface area contributed by atoms with Gasteiger partial charge in [-0.2, -0.15) is 0 Å². The maximum Gasteiger partial charge on any atom is 0.246 e. The minimum atomic E-state index is -0.558. The molecule has 6 nitrogen and oxygen atoms in total. The maximum absolute atomic E-state index is 13.7. The third-order valence-electron chi connectivity index (χ3n) is 5.85. The summed E-state index contributed by atoms with van der Waals surface area (Å²) in [5.41, 5.74) is 0.0618. The highest BCUT2D eigenvalue weighted by atomic mass is 19.1. The van der Waals surface area contributed by atoms with E-state index in [1.54, 1.807) is 4.90 Å². The Balaban J connectivity index is 1.31. The van der Waals surface area contributed by atoms with Crippen LogP contribution in [0.5, 0.6) is 0 Å². The van der Waals surface area contributed by atoms with Crippen LogP contribution in [0.25, 0.3) is 6.08 Å².